The number of carboxylic acids is 1. The number of hydrogen-bond acceptors (Lipinski definition) is 5. The van der Waals surface area contributed by atoms with Crippen molar-refractivity contribution < 1.29 is 29.3 Å². The highest BCUT2D eigenvalue weighted by Gasteiger charge is 2.18. The topological polar surface area (TPSA) is 93.1 Å². The molecule has 2 aromatic carbocycles. The van der Waals surface area contributed by atoms with E-state index < -0.39 is 17.5 Å². The van der Waals surface area contributed by atoms with Crippen LogP contribution in [0.15, 0.2) is 40.9 Å². The Labute approximate surface area is 152 Å². The quantitative estimate of drug-likeness (QED) is 0.560. The van der Waals surface area contributed by atoms with E-state index in [1.54, 1.807) is 18.2 Å². The van der Waals surface area contributed by atoms with Crippen molar-refractivity contribution in [2.45, 2.75) is 0 Å². The largest absolute Gasteiger partial charge is 0.506 e. The molecule has 0 bridgehead atoms. The van der Waals surface area contributed by atoms with Gasteiger partial charge < -0.3 is 19.7 Å². The number of hydrogen-bond donors (Lipinski definition) is 2. The van der Waals surface area contributed by atoms with Crippen molar-refractivity contribution in [3.05, 3.63) is 57.6 Å². The molecule has 0 unspecified atom stereocenters. The number of rotatable bonds is 6. The maximum atomic E-state index is 12.4. The molecule has 0 amide bonds. The molecule has 25 heavy (non-hydrogen) atoms. The number of phenols is 1. The molecule has 0 aliphatic carbocycles. The van der Waals surface area contributed by atoms with Gasteiger partial charge in [0.1, 0.15) is 11.3 Å². The number of methoxy groups -OCH3 is 2. The number of ketones is 1. The van der Waals surface area contributed by atoms with Crippen molar-refractivity contribution in [2.24, 2.45) is 0 Å². The van der Waals surface area contributed by atoms with Crippen LogP contribution < -0.4 is 9.47 Å². The van der Waals surface area contributed by atoms with Crippen LogP contribution in [0.25, 0.3) is 6.08 Å². The van der Waals surface area contributed by atoms with Gasteiger partial charge in [0.2, 0.25) is 0 Å². The van der Waals surface area contributed by atoms with Crippen LogP contribution in [0, 0.1) is 0 Å². The van der Waals surface area contributed by atoms with Crippen molar-refractivity contribution in [1.29, 1.82) is 0 Å². The molecule has 0 radical (unpaired) electrons. The van der Waals surface area contributed by atoms with E-state index in [2.05, 4.69) is 15.9 Å². The summed E-state index contributed by atoms with van der Waals surface area (Å²) in [4.78, 5) is 23.5. The predicted octanol–water partition coefficient (Wildman–Crippen LogP) is 3.77. The molecule has 0 spiro atoms. The fourth-order valence-electron chi connectivity index (χ4n) is 2.25. The number of ether oxygens (including phenoxy) is 2. The second kappa shape index (κ2) is 7.85. The van der Waals surface area contributed by atoms with Gasteiger partial charge in [-0.1, -0.05) is 28.1 Å². The second-order valence-electron chi connectivity index (χ2n) is 4.94. The van der Waals surface area contributed by atoms with Gasteiger partial charge in [0.05, 0.1) is 19.8 Å². The number of para-hydroxylation sites is 1. The van der Waals surface area contributed by atoms with Gasteiger partial charge in [-0.05, 0) is 30.4 Å². The molecule has 2 aromatic rings. The summed E-state index contributed by atoms with van der Waals surface area (Å²) in [6.07, 6.45) is 2.73. The van der Waals surface area contributed by atoms with Gasteiger partial charge in [-0.2, -0.15) is 0 Å². The lowest BCUT2D eigenvalue weighted by molar-refractivity contribution is 0.0693. The van der Waals surface area contributed by atoms with E-state index in [0.29, 0.717) is 21.5 Å². The number of carbonyl (C=O) groups is 2. The monoisotopic (exact) mass is 406 g/mol. The lowest BCUT2D eigenvalue weighted by atomic mass is 10.0. The number of halogens is 1. The molecule has 0 aliphatic heterocycles. The average Bonchev–Trinajstić information content (AvgIpc) is 2.60. The molecular formula is C18H15BrO6. The number of carbonyl (C=O) groups excluding carboxylic acids is 1. The van der Waals surface area contributed by atoms with Crippen molar-refractivity contribution in [3.63, 3.8) is 0 Å². The van der Waals surface area contributed by atoms with Gasteiger partial charge in [0.15, 0.2) is 17.3 Å². The molecular weight excluding hydrogens is 392 g/mol. The SMILES string of the molecule is COc1cccc(/C=C/C(=O)c2cc(Br)cc(C(=O)O)c2O)c1OC. The van der Waals surface area contributed by atoms with Crippen LogP contribution >= 0.6 is 15.9 Å². The van der Waals surface area contributed by atoms with Gasteiger partial charge in [-0.3, -0.25) is 4.79 Å². The third-order valence-corrected chi connectivity index (χ3v) is 3.88. The van der Waals surface area contributed by atoms with Crippen LogP contribution in [0.1, 0.15) is 26.3 Å². The summed E-state index contributed by atoms with van der Waals surface area (Å²) >= 11 is 3.13. The summed E-state index contributed by atoms with van der Waals surface area (Å²) in [5, 5.41) is 19.1. The zero-order valence-electron chi connectivity index (χ0n) is 13.4. The van der Waals surface area contributed by atoms with Crippen molar-refractivity contribution in [3.8, 4) is 17.2 Å². The molecule has 0 atom stereocenters. The standard InChI is InChI=1S/C18H15BrO6/c1-24-15-5-3-4-10(17(15)25-2)6-7-14(20)12-8-11(19)9-13(16(12)21)18(22)23/h3-9,21H,1-2H3,(H,22,23)/b7-6+. The number of aromatic carboxylic acids is 1. The summed E-state index contributed by atoms with van der Waals surface area (Å²) in [7, 11) is 2.99. The Kier molecular flexibility index (Phi) is 5.82. The maximum Gasteiger partial charge on any atom is 0.339 e. The Hall–Kier alpha value is -2.80. The third kappa shape index (κ3) is 4.00. The number of allylic oxidation sites excluding steroid dienone is 1. The Morgan fingerprint density at radius 3 is 2.40 bits per heavy atom. The first-order valence-electron chi connectivity index (χ1n) is 7.08. The highest BCUT2D eigenvalue weighted by atomic mass is 79.9. The molecule has 0 fully saturated rings. The van der Waals surface area contributed by atoms with Crippen molar-refractivity contribution in [2.75, 3.05) is 14.2 Å². The molecule has 0 aromatic heterocycles. The van der Waals surface area contributed by atoms with Crippen LogP contribution in [-0.4, -0.2) is 36.2 Å². The van der Waals surface area contributed by atoms with Gasteiger partial charge in [-0.25, -0.2) is 4.79 Å². The van der Waals surface area contributed by atoms with Gasteiger partial charge in [0.25, 0.3) is 0 Å². The molecule has 0 heterocycles. The Balaban J connectivity index is 2.41. The van der Waals surface area contributed by atoms with Gasteiger partial charge in [0, 0.05) is 10.0 Å². The third-order valence-electron chi connectivity index (χ3n) is 3.42. The summed E-state index contributed by atoms with van der Waals surface area (Å²) in [6.45, 7) is 0. The summed E-state index contributed by atoms with van der Waals surface area (Å²) < 4.78 is 10.8. The van der Waals surface area contributed by atoms with E-state index in [9.17, 15) is 14.7 Å². The zero-order chi connectivity index (χ0) is 18.6. The molecule has 7 heteroatoms. The molecule has 2 rings (SSSR count). The molecule has 6 nitrogen and oxygen atoms in total. The van der Waals surface area contributed by atoms with E-state index in [-0.39, 0.29) is 11.1 Å². The van der Waals surface area contributed by atoms with Crippen LogP contribution in [0.4, 0.5) is 0 Å². The highest BCUT2D eigenvalue weighted by molar-refractivity contribution is 9.10. The van der Waals surface area contributed by atoms with Crippen molar-refractivity contribution in [1.82, 2.24) is 0 Å². The van der Waals surface area contributed by atoms with Crippen LogP contribution in [0.3, 0.4) is 0 Å². The number of benzene rings is 2. The minimum atomic E-state index is -1.33. The highest BCUT2D eigenvalue weighted by Crippen LogP contribution is 2.32. The normalized spacial score (nSPS) is 10.7. The van der Waals surface area contributed by atoms with Crippen LogP contribution in [0.5, 0.6) is 17.2 Å². The van der Waals surface area contributed by atoms with Crippen LogP contribution in [-0.2, 0) is 0 Å². The Morgan fingerprint density at radius 1 is 1.12 bits per heavy atom. The van der Waals surface area contributed by atoms with E-state index in [1.165, 1.54) is 38.5 Å². The van der Waals surface area contributed by atoms with Crippen molar-refractivity contribution >= 4 is 33.8 Å². The minimum absolute atomic E-state index is 0.120. The fraction of sp³-hybridized carbons (Fsp3) is 0.111. The van der Waals surface area contributed by atoms with E-state index in [0.717, 1.165) is 0 Å². The summed E-state index contributed by atoms with van der Waals surface area (Å²) in [5.74, 6) is -1.49. The van der Waals surface area contributed by atoms with Crippen LogP contribution in [0.2, 0.25) is 0 Å². The molecule has 0 saturated heterocycles. The first kappa shape index (κ1) is 18.5. The molecule has 2 N–H and O–H groups in total. The van der Waals surface area contributed by atoms with E-state index in [1.807, 2.05) is 0 Å². The first-order chi connectivity index (χ1) is 11.9. The lowest BCUT2D eigenvalue weighted by Gasteiger charge is -2.10. The average molecular weight is 407 g/mol. The van der Waals surface area contributed by atoms with E-state index in [4.69, 9.17) is 14.6 Å². The molecule has 0 saturated carbocycles. The Morgan fingerprint density at radius 2 is 1.80 bits per heavy atom. The fourth-order valence-corrected chi connectivity index (χ4v) is 2.71. The number of carboxylic acid groups (broad SMARTS) is 1. The molecule has 130 valence electrons. The minimum Gasteiger partial charge on any atom is -0.506 e. The number of aromatic hydroxyl groups is 1. The van der Waals surface area contributed by atoms with Gasteiger partial charge >= 0.3 is 5.97 Å². The van der Waals surface area contributed by atoms with E-state index >= 15 is 0 Å². The smallest absolute Gasteiger partial charge is 0.339 e. The lowest BCUT2D eigenvalue weighted by Crippen LogP contribution is -2.03. The zero-order valence-corrected chi connectivity index (χ0v) is 15.0. The van der Waals surface area contributed by atoms with Gasteiger partial charge in [-0.15, -0.1) is 0 Å². The first-order valence-corrected chi connectivity index (χ1v) is 7.87. The summed E-state index contributed by atoms with van der Waals surface area (Å²) in [5.41, 5.74) is 0.123. The summed E-state index contributed by atoms with van der Waals surface area (Å²) in [6, 6.07) is 7.77. The Bertz CT molecular complexity index is 857. The molecule has 0 aliphatic rings. The predicted molar refractivity (Wildman–Crippen MR) is 95.7 cm³/mol. The second-order valence-corrected chi connectivity index (χ2v) is 5.85. The maximum absolute atomic E-state index is 12.4.